The molecule has 0 bridgehead atoms. The minimum Gasteiger partial charge on any atom is -0.490 e. The van der Waals surface area contributed by atoms with Gasteiger partial charge in [0, 0.05) is 54.2 Å². The number of rotatable bonds is 7. The summed E-state index contributed by atoms with van der Waals surface area (Å²) in [4.78, 5) is 31.9. The average molecular weight is 600 g/mol. The number of ether oxygens (including phenoxy) is 1. The normalized spacial score (nSPS) is 14.1. The summed E-state index contributed by atoms with van der Waals surface area (Å²) in [6.45, 7) is 3.36. The first-order valence-corrected chi connectivity index (χ1v) is 13.0. The Morgan fingerprint density at radius 2 is 1.79 bits per heavy atom. The van der Waals surface area contributed by atoms with E-state index in [9.17, 15) is 18.0 Å². The van der Waals surface area contributed by atoms with Crippen molar-refractivity contribution in [2.45, 2.75) is 32.0 Å². The Kier molecular flexibility index (Phi) is 9.59. The minimum atomic E-state index is -4.68. The van der Waals surface area contributed by atoms with E-state index >= 15 is 0 Å². The largest absolute Gasteiger partial charge is 0.490 e. The summed E-state index contributed by atoms with van der Waals surface area (Å²) >= 11 is 0. The molecule has 0 saturated carbocycles. The van der Waals surface area contributed by atoms with E-state index < -0.39 is 17.6 Å². The van der Waals surface area contributed by atoms with Crippen LogP contribution in [0.4, 0.5) is 30.5 Å². The Morgan fingerprint density at radius 1 is 1.05 bits per heavy atom. The standard InChI is InChI=1S/C29H28F3N7O2.ClH/c1-18-3-5-21(14-25(18)38-28-35-10-7-24(37-28)20-15-33-17-34-16-20)36-27(40)19-4-6-26(23(13-19)29(30,31)32)41-22-8-11-39(2)12-9-22;/h3-7,10,13-17,22H,8-9,11-12H2,1-2H3,(H,36,40)(H,35,37,38);1H. The number of carbonyl (C=O) groups is 1. The van der Waals surface area contributed by atoms with E-state index in [1.165, 1.54) is 18.5 Å². The topological polar surface area (TPSA) is 105 Å². The Hall–Kier alpha value is -4.29. The molecular formula is C29H29ClF3N7O2. The summed E-state index contributed by atoms with van der Waals surface area (Å²) in [5.41, 5.74) is 2.07. The Labute approximate surface area is 247 Å². The van der Waals surface area contributed by atoms with Crippen molar-refractivity contribution in [1.29, 1.82) is 0 Å². The quantitative estimate of drug-likeness (QED) is 0.261. The SMILES string of the molecule is Cc1ccc(NC(=O)c2ccc(OC3CCN(C)CC3)c(C(F)(F)F)c2)cc1Nc1nccc(-c2cncnc2)n1.Cl. The van der Waals surface area contributed by atoms with Crippen LogP contribution in [0.5, 0.6) is 5.75 Å². The molecule has 2 aromatic carbocycles. The number of amides is 1. The van der Waals surface area contributed by atoms with Gasteiger partial charge < -0.3 is 20.3 Å². The molecule has 42 heavy (non-hydrogen) atoms. The zero-order valence-electron chi connectivity index (χ0n) is 22.9. The highest BCUT2D eigenvalue weighted by Crippen LogP contribution is 2.38. The van der Waals surface area contributed by atoms with Crippen LogP contribution in [0.25, 0.3) is 11.3 Å². The number of hydrogen-bond acceptors (Lipinski definition) is 8. The van der Waals surface area contributed by atoms with Crippen molar-refractivity contribution in [1.82, 2.24) is 24.8 Å². The van der Waals surface area contributed by atoms with Crippen LogP contribution in [0.15, 0.2) is 67.4 Å². The average Bonchev–Trinajstić information content (AvgIpc) is 2.96. The van der Waals surface area contributed by atoms with Crippen LogP contribution >= 0.6 is 12.4 Å². The van der Waals surface area contributed by atoms with Gasteiger partial charge in [0.15, 0.2) is 0 Å². The maximum absolute atomic E-state index is 13.9. The van der Waals surface area contributed by atoms with Gasteiger partial charge in [-0.25, -0.2) is 19.9 Å². The second kappa shape index (κ2) is 13.1. The molecule has 1 aliphatic heterocycles. The number of halogens is 4. The molecule has 220 valence electrons. The lowest BCUT2D eigenvalue weighted by molar-refractivity contribution is -0.139. The summed E-state index contributed by atoms with van der Waals surface area (Å²) in [6.07, 6.45) is 2.57. The van der Waals surface area contributed by atoms with Gasteiger partial charge in [0.2, 0.25) is 5.95 Å². The molecule has 4 aromatic rings. The summed E-state index contributed by atoms with van der Waals surface area (Å²) < 4.78 is 47.5. The van der Waals surface area contributed by atoms with Crippen molar-refractivity contribution < 1.29 is 22.7 Å². The van der Waals surface area contributed by atoms with E-state index in [4.69, 9.17) is 4.74 Å². The molecule has 13 heteroatoms. The summed E-state index contributed by atoms with van der Waals surface area (Å²) in [5, 5.41) is 5.81. The first kappa shape index (κ1) is 30.7. The number of carbonyl (C=O) groups excluding carboxylic acids is 1. The van der Waals surface area contributed by atoms with E-state index in [-0.39, 0.29) is 29.8 Å². The predicted molar refractivity (Wildman–Crippen MR) is 155 cm³/mol. The van der Waals surface area contributed by atoms with Gasteiger partial charge in [-0.2, -0.15) is 13.2 Å². The highest BCUT2D eigenvalue weighted by atomic mass is 35.5. The molecule has 0 unspecified atom stereocenters. The third-order valence-electron chi connectivity index (χ3n) is 6.76. The summed E-state index contributed by atoms with van der Waals surface area (Å²) in [6, 6.07) is 10.2. The van der Waals surface area contributed by atoms with E-state index in [1.807, 2.05) is 14.0 Å². The molecule has 9 nitrogen and oxygen atoms in total. The van der Waals surface area contributed by atoms with Gasteiger partial charge in [-0.05, 0) is 68.8 Å². The number of aryl methyl sites for hydroxylation is 1. The minimum absolute atomic E-state index is 0. The van der Waals surface area contributed by atoms with Gasteiger partial charge >= 0.3 is 6.18 Å². The molecule has 0 spiro atoms. The third-order valence-corrected chi connectivity index (χ3v) is 6.76. The smallest absolute Gasteiger partial charge is 0.419 e. The van der Waals surface area contributed by atoms with Crippen molar-refractivity contribution in [3.05, 3.63) is 84.1 Å². The number of likely N-dealkylation sites (tertiary alicyclic amines) is 1. The van der Waals surface area contributed by atoms with Gasteiger partial charge in [0.1, 0.15) is 18.2 Å². The lowest BCUT2D eigenvalue weighted by Crippen LogP contribution is -2.36. The molecule has 1 amide bonds. The van der Waals surface area contributed by atoms with Crippen molar-refractivity contribution >= 4 is 35.6 Å². The number of nitrogens with one attached hydrogen (secondary N) is 2. The molecule has 5 rings (SSSR count). The summed E-state index contributed by atoms with van der Waals surface area (Å²) in [5.74, 6) is -0.638. The Bertz CT molecular complexity index is 1530. The van der Waals surface area contributed by atoms with Crippen molar-refractivity contribution in [2.24, 2.45) is 0 Å². The first-order valence-electron chi connectivity index (χ1n) is 13.0. The number of alkyl halides is 3. The van der Waals surface area contributed by atoms with E-state index in [2.05, 4.69) is 35.5 Å². The number of hydrogen-bond donors (Lipinski definition) is 2. The molecule has 1 saturated heterocycles. The van der Waals surface area contributed by atoms with Gasteiger partial charge in [-0.15, -0.1) is 12.4 Å². The van der Waals surface area contributed by atoms with Gasteiger partial charge in [-0.3, -0.25) is 4.79 Å². The number of benzene rings is 2. The lowest BCUT2D eigenvalue weighted by Gasteiger charge is -2.30. The fourth-order valence-electron chi connectivity index (χ4n) is 4.45. The van der Waals surface area contributed by atoms with Crippen LogP contribution < -0.4 is 15.4 Å². The zero-order chi connectivity index (χ0) is 29.0. The first-order chi connectivity index (χ1) is 19.7. The second-order valence-corrected chi connectivity index (χ2v) is 9.83. The number of piperidine rings is 1. The maximum atomic E-state index is 13.9. The maximum Gasteiger partial charge on any atom is 0.419 e. The van der Waals surface area contributed by atoms with Crippen LogP contribution in [0.2, 0.25) is 0 Å². The van der Waals surface area contributed by atoms with Crippen molar-refractivity contribution in [3.63, 3.8) is 0 Å². The van der Waals surface area contributed by atoms with Gasteiger partial charge in [-0.1, -0.05) is 6.07 Å². The third kappa shape index (κ3) is 7.51. The molecule has 1 aliphatic rings. The number of aromatic nitrogens is 4. The van der Waals surface area contributed by atoms with Gasteiger partial charge in [0.25, 0.3) is 5.91 Å². The van der Waals surface area contributed by atoms with Crippen LogP contribution in [0, 0.1) is 6.92 Å². The zero-order valence-corrected chi connectivity index (χ0v) is 23.7. The molecular weight excluding hydrogens is 571 g/mol. The highest BCUT2D eigenvalue weighted by Gasteiger charge is 2.36. The second-order valence-electron chi connectivity index (χ2n) is 9.83. The number of nitrogens with zero attached hydrogens (tertiary/aromatic N) is 5. The highest BCUT2D eigenvalue weighted by molar-refractivity contribution is 6.04. The monoisotopic (exact) mass is 599 g/mol. The Balaban J connectivity index is 0.00000405. The van der Waals surface area contributed by atoms with Crippen molar-refractivity contribution in [3.8, 4) is 17.0 Å². The van der Waals surface area contributed by atoms with E-state index in [1.54, 1.807) is 42.9 Å². The van der Waals surface area contributed by atoms with Crippen LogP contribution in [0.3, 0.4) is 0 Å². The van der Waals surface area contributed by atoms with E-state index in [0.717, 1.165) is 30.3 Å². The molecule has 2 aromatic heterocycles. The molecule has 1 fully saturated rings. The molecule has 0 aliphatic carbocycles. The lowest BCUT2D eigenvalue weighted by atomic mass is 10.1. The molecule has 3 heterocycles. The summed E-state index contributed by atoms with van der Waals surface area (Å²) in [7, 11) is 1.96. The Morgan fingerprint density at radius 3 is 2.50 bits per heavy atom. The molecule has 0 atom stereocenters. The van der Waals surface area contributed by atoms with E-state index in [0.29, 0.717) is 35.9 Å². The van der Waals surface area contributed by atoms with Crippen molar-refractivity contribution in [2.75, 3.05) is 30.8 Å². The molecule has 2 N–H and O–H groups in total. The van der Waals surface area contributed by atoms with Crippen LogP contribution in [-0.4, -0.2) is 57.0 Å². The number of anilines is 3. The van der Waals surface area contributed by atoms with Gasteiger partial charge in [0.05, 0.1) is 11.3 Å². The fraction of sp³-hybridized carbons (Fsp3) is 0.276. The predicted octanol–water partition coefficient (Wildman–Crippen LogP) is 6.15. The fourth-order valence-corrected chi connectivity index (χ4v) is 4.45. The van der Waals surface area contributed by atoms with Crippen LogP contribution in [0.1, 0.15) is 34.3 Å². The molecule has 0 radical (unpaired) electrons. The van der Waals surface area contributed by atoms with Crippen LogP contribution in [-0.2, 0) is 6.18 Å².